The van der Waals surface area contributed by atoms with Crippen LogP contribution in [0.3, 0.4) is 0 Å². The van der Waals surface area contributed by atoms with Crippen LogP contribution in [0.25, 0.3) is 0 Å². The molecule has 17 heavy (non-hydrogen) atoms. The first-order valence-corrected chi connectivity index (χ1v) is 4.97. The monoisotopic (exact) mass is 238 g/mol. The van der Waals surface area contributed by atoms with E-state index in [1.165, 1.54) is 6.92 Å². The number of carbonyl (C=O) groups is 2. The number of benzene rings is 1. The Morgan fingerprint density at radius 3 is 2.35 bits per heavy atom. The van der Waals surface area contributed by atoms with Gasteiger partial charge in [0.05, 0.1) is 7.11 Å². The normalized spacial score (nSPS) is 11.4. The van der Waals surface area contributed by atoms with Crippen LogP contribution in [0.1, 0.15) is 6.92 Å². The number of aliphatic carboxylic acids is 1. The van der Waals surface area contributed by atoms with Crippen LogP contribution >= 0.6 is 0 Å². The lowest BCUT2D eigenvalue weighted by molar-refractivity contribution is -0.138. The molecule has 6 heteroatoms. The average molecular weight is 238 g/mol. The van der Waals surface area contributed by atoms with Crippen LogP contribution in [0.4, 0.5) is 10.5 Å². The van der Waals surface area contributed by atoms with E-state index in [-0.39, 0.29) is 0 Å². The summed E-state index contributed by atoms with van der Waals surface area (Å²) in [6.07, 6.45) is 0. The maximum absolute atomic E-state index is 11.4. The average Bonchev–Trinajstić information content (AvgIpc) is 2.29. The third kappa shape index (κ3) is 4.02. The minimum absolute atomic E-state index is 0.556. The van der Waals surface area contributed by atoms with Gasteiger partial charge in [-0.3, -0.25) is 4.79 Å². The van der Waals surface area contributed by atoms with E-state index in [0.717, 1.165) is 0 Å². The molecule has 1 aromatic rings. The Morgan fingerprint density at radius 1 is 1.29 bits per heavy atom. The Morgan fingerprint density at radius 2 is 1.88 bits per heavy atom. The number of anilines is 1. The summed E-state index contributed by atoms with van der Waals surface area (Å²) in [5, 5.41) is 13.4. The van der Waals surface area contributed by atoms with Gasteiger partial charge in [-0.15, -0.1) is 0 Å². The van der Waals surface area contributed by atoms with Gasteiger partial charge in [0.25, 0.3) is 0 Å². The Hall–Kier alpha value is -2.24. The number of nitrogens with one attached hydrogen (secondary N) is 2. The maximum atomic E-state index is 11.4. The highest BCUT2D eigenvalue weighted by molar-refractivity contribution is 5.92. The van der Waals surface area contributed by atoms with E-state index in [2.05, 4.69) is 10.6 Å². The molecule has 0 bridgehead atoms. The predicted molar refractivity (Wildman–Crippen MR) is 62.2 cm³/mol. The zero-order chi connectivity index (χ0) is 12.8. The quantitative estimate of drug-likeness (QED) is 0.737. The molecule has 6 nitrogen and oxygen atoms in total. The summed E-state index contributed by atoms with van der Waals surface area (Å²) >= 11 is 0. The lowest BCUT2D eigenvalue weighted by atomic mass is 10.3. The highest BCUT2D eigenvalue weighted by atomic mass is 16.5. The van der Waals surface area contributed by atoms with Gasteiger partial charge in [-0.2, -0.15) is 0 Å². The number of rotatable bonds is 4. The second kappa shape index (κ2) is 5.74. The fourth-order valence-corrected chi connectivity index (χ4v) is 1.10. The van der Waals surface area contributed by atoms with Gasteiger partial charge in [-0.1, -0.05) is 0 Å². The van der Waals surface area contributed by atoms with Crippen LogP contribution in [-0.4, -0.2) is 30.3 Å². The number of carboxylic acid groups (broad SMARTS) is 1. The summed E-state index contributed by atoms with van der Waals surface area (Å²) < 4.78 is 4.96. The first-order valence-electron chi connectivity index (χ1n) is 4.97. The fourth-order valence-electron chi connectivity index (χ4n) is 1.10. The van der Waals surface area contributed by atoms with Crippen molar-refractivity contribution in [1.29, 1.82) is 0 Å². The van der Waals surface area contributed by atoms with E-state index < -0.39 is 18.0 Å². The third-order valence-electron chi connectivity index (χ3n) is 2.07. The zero-order valence-electron chi connectivity index (χ0n) is 9.56. The maximum Gasteiger partial charge on any atom is 0.325 e. The topological polar surface area (TPSA) is 87.7 Å². The number of hydrogen-bond acceptors (Lipinski definition) is 3. The molecule has 0 fully saturated rings. The van der Waals surface area contributed by atoms with Gasteiger partial charge < -0.3 is 20.5 Å². The van der Waals surface area contributed by atoms with E-state index in [9.17, 15) is 9.59 Å². The van der Waals surface area contributed by atoms with Crippen molar-refractivity contribution in [2.45, 2.75) is 13.0 Å². The molecule has 0 saturated heterocycles. The van der Waals surface area contributed by atoms with Gasteiger partial charge in [0.1, 0.15) is 11.8 Å². The lowest BCUT2D eigenvalue weighted by Gasteiger charge is -2.10. The Bertz CT molecular complexity index is 402. The van der Waals surface area contributed by atoms with E-state index in [4.69, 9.17) is 9.84 Å². The Labute approximate surface area is 98.6 Å². The first-order chi connectivity index (χ1) is 8.02. The smallest absolute Gasteiger partial charge is 0.325 e. The predicted octanol–water partition coefficient (Wildman–Crippen LogP) is 1.29. The molecule has 1 atom stereocenters. The van der Waals surface area contributed by atoms with Crippen molar-refractivity contribution >= 4 is 17.7 Å². The molecule has 3 N–H and O–H groups in total. The number of ether oxygens (including phenoxy) is 1. The van der Waals surface area contributed by atoms with Gasteiger partial charge >= 0.3 is 12.0 Å². The molecule has 0 aliphatic carbocycles. The van der Waals surface area contributed by atoms with Crippen molar-refractivity contribution in [3.05, 3.63) is 24.3 Å². The number of urea groups is 1. The fraction of sp³-hybridized carbons (Fsp3) is 0.273. The summed E-state index contributed by atoms with van der Waals surface area (Å²) in [5.41, 5.74) is 0.556. The van der Waals surface area contributed by atoms with E-state index in [1.54, 1.807) is 31.4 Å². The van der Waals surface area contributed by atoms with Crippen LogP contribution in [0.5, 0.6) is 5.75 Å². The minimum Gasteiger partial charge on any atom is -0.497 e. The SMILES string of the molecule is COc1ccc(NC(=O)NC(C)C(=O)O)cc1. The molecule has 0 spiro atoms. The molecule has 0 saturated carbocycles. The van der Waals surface area contributed by atoms with E-state index in [0.29, 0.717) is 11.4 Å². The molecule has 1 rings (SSSR count). The second-order valence-electron chi connectivity index (χ2n) is 3.39. The molecule has 92 valence electrons. The number of amides is 2. The van der Waals surface area contributed by atoms with Crippen molar-refractivity contribution in [2.75, 3.05) is 12.4 Å². The van der Waals surface area contributed by atoms with Gasteiger partial charge in [0, 0.05) is 5.69 Å². The molecule has 0 aliphatic heterocycles. The summed E-state index contributed by atoms with van der Waals surface area (Å²) in [4.78, 5) is 21.9. The number of hydrogen-bond donors (Lipinski definition) is 3. The number of methoxy groups -OCH3 is 1. The van der Waals surface area contributed by atoms with Crippen molar-refractivity contribution in [1.82, 2.24) is 5.32 Å². The standard InChI is InChI=1S/C11H14N2O4/c1-7(10(14)15)12-11(16)13-8-3-5-9(17-2)6-4-8/h3-7H,1-2H3,(H,14,15)(H2,12,13,16). The molecule has 0 aromatic heterocycles. The second-order valence-corrected chi connectivity index (χ2v) is 3.39. The van der Waals surface area contributed by atoms with Gasteiger partial charge in [0.2, 0.25) is 0 Å². The van der Waals surface area contributed by atoms with Crippen LogP contribution in [0.15, 0.2) is 24.3 Å². The molecule has 0 aliphatic rings. The van der Waals surface area contributed by atoms with Crippen molar-refractivity contribution in [3.8, 4) is 5.75 Å². The largest absolute Gasteiger partial charge is 0.497 e. The van der Waals surface area contributed by atoms with Crippen LogP contribution in [0.2, 0.25) is 0 Å². The molecule has 1 aromatic carbocycles. The molecule has 2 amide bonds. The zero-order valence-corrected chi connectivity index (χ0v) is 9.56. The summed E-state index contributed by atoms with van der Waals surface area (Å²) in [5.74, 6) is -0.412. The highest BCUT2D eigenvalue weighted by Crippen LogP contribution is 2.14. The Balaban J connectivity index is 2.53. The van der Waals surface area contributed by atoms with Gasteiger partial charge in [-0.05, 0) is 31.2 Å². The third-order valence-corrected chi connectivity index (χ3v) is 2.07. The molecule has 1 unspecified atom stereocenters. The summed E-state index contributed by atoms with van der Waals surface area (Å²) in [6, 6.07) is 5.19. The van der Waals surface area contributed by atoms with Crippen molar-refractivity contribution < 1.29 is 19.4 Å². The van der Waals surface area contributed by atoms with Crippen molar-refractivity contribution in [2.24, 2.45) is 0 Å². The summed E-state index contributed by atoms with van der Waals surface area (Å²) in [6.45, 7) is 1.38. The molecular formula is C11H14N2O4. The molecule has 0 heterocycles. The van der Waals surface area contributed by atoms with Gasteiger partial charge in [-0.25, -0.2) is 4.79 Å². The Kier molecular flexibility index (Phi) is 4.33. The van der Waals surface area contributed by atoms with Crippen LogP contribution < -0.4 is 15.4 Å². The molecule has 0 radical (unpaired) electrons. The summed E-state index contributed by atoms with van der Waals surface area (Å²) in [7, 11) is 1.55. The first kappa shape index (κ1) is 12.8. The van der Waals surface area contributed by atoms with Crippen LogP contribution in [0, 0.1) is 0 Å². The van der Waals surface area contributed by atoms with Gasteiger partial charge in [0.15, 0.2) is 0 Å². The molecular weight excluding hydrogens is 224 g/mol. The van der Waals surface area contributed by atoms with E-state index in [1.807, 2.05) is 0 Å². The number of carboxylic acids is 1. The number of carbonyl (C=O) groups excluding carboxylic acids is 1. The lowest BCUT2D eigenvalue weighted by Crippen LogP contribution is -2.40. The highest BCUT2D eigenvalue weighted by Gasteiger charge is 2.13. The van der Waals surface area contributed by atoms with Crippen LogP contribution in [-0.2, 0) is 4.79 Å². The van der Waals surface area contributed by atoms with Crippen molar-refractivity contribution in [3.63, 3.8) is 0 Å². The minimum atomic E-state index is -1.09. The van der Waals surface area contributed by atoms with E-state index >= 15 is 0 Å².